The molecule has 12 nitrogen and oxygen atoms in total. The van der Waals surface area contributed by atoms with Crippen LogP contribution in [-0.2, 0) is 27.9 Å². The predicted molar refractivity (Wildman–Crippen MR) is 212 cm³/mol. The fraction of sp³-hybridized carbons (Fsp3) is 0.878. The highest BCUT2D eigenvalue weighted by Gasteiger charge is 2.51. The van der Waals surface area contributed by atoms with Crippen LogP contribution in [-0.4, -0.2) is 98.9 Å². The van der Waals surface area contributed by atoms with Crippen LogP contribution >= 0.6 is 7.82 Å². The number of hydrogen-bond donors (Lipinski definition) is 6. The number of allylic oxidation sites excluding steroid dienone is 4. The van der Waals surface area contributed by atoms with Crippen LogP contribution in [0, 0.1) is 0 Å². The number of phosphoric acid groups is 1. The molecule has 0 aromatic rings. The van der Waals surface area contributed by atoms with Gasteiger partial charge in [-0.3, -0.25) is 13.8 Å². The highest BCUT2D eigenvalue weighted by Crippen LogP contribution is 2.47. The number of rotatable bonds is 35. The third-order valence-corrected chi connectivity index (χ3v) is 10.8. The molecule has 0 bridgehead atoms. The molecule has 1 aliphatic carbocycles. The second-order valence-electron chi connectivity index (χ2n) is 14.8. The Hall–Kier alpha value is -1.18. The predicted octanol–water partition coefficient (Wildman–Crippen LogP) is 7.75. The topological polar surface area (TPSA) is 192 Å². The van der Waals surface area contributed by atoms with Crippen molar-refractivity contribution in [3.8, 4) is 0 Å². The molecule has 1 fully saturated rings. The fourth-order valence-corrected chi connectivity index (χ4v) is 7.36. The van der Waals surface area contributed by atoms with E-state index in [1.807, 2.05) is 0 Å². The second-order valence-corrected chi connectivity index (χ2v) is 16.3. The third kappa shape index (κ3) is 25.1. The van der Waals surface area contributed by atoms with Crippen molar-refractivity contribution in [3.05, 3.63) is 24.3 Å². The summed E-state index contributed by atoms with van der Waals surface area (Å²) in [6.45, 7) is 4.20. The SMILES string of the molecule is CCCCCC/C=C\C/C=C\CCCCCCCCCC(=O)OC(COCCCCCCCCCCC)COP(=O)(O)OC1C(O)C(O)C(O)C(O)C1O. The van der Waals surface area contributed by atoms with Crippen molar-refractivity contribution in [2.24, 2.45) is 0 Å². The van der Waals surface area contributed by atoms with Gasteiger partial charge in [0.15, 0.2) is 0 Å². The van der Waals surface area contributed by atoms with Gasteiger partial charge in [0.05, 0.1) is 13.2 Å². The molecule has 1 rings (SSSR count). The maximum atomic E-state index is 12.7. The van der Waals surface area contributed by atoms with Gasteiger partial charge in [-0.25, -0.2) is 4.57 Å². The van der Waals surface area contributed by atoms with E-state index in [1.54, 1.807) is 0 Å². The summed E-state index contributed by atoms with van der Waals surface area (Å²) in [7, 11) is -5.01. The minimum atomic E-state index is -5.01. The van der Waals surface area contributed by atoms with Crippen LogP contribution in [0.15, 0.2) is 24.3 Å². The summed E-state index contributed by atoms with van der Waals surface area (Å²) in [6, 6.07) is 0. The van der Waals surface area contributed by atoms with Crippen molar-refractivity contribution < 1.29 is 58.3 Å². The number of unbranched alkanes of at least 4 members (excludes halogenated alkanes) is 19. The molecule has 13 heteroatoms. The summed E-state index contributed by atoms with van der Waals surface area (Å²) in [5.74, 6) is -0.486. The minimum Gasteiger partial charge on any atom is -0.457 e. The van der Waals surface area contributed by atoms with Crippen LogP contribution < -0.4 is 0 Å². The highest BCUT2D eigenvalue weighted by molar-refractivity contribution is 7.47. The lowest BCUT2D eigenvalue weighted by molar-refractivity contribution is -0.220. The highest BCUT2D eigenvalue weighted by atomic mass is 31.2. The van der Waals surface area contributed by atoms with Crippen LogP contribution in [0.4, 0.5) is 0 Å². The molecule has 0 aliphatic heterocycles. The number of hydrogen-bond acceptors (Lipinski definition) is 11. The zero-order valence-electron chi connectivity index (χ0n) is 33.5. The molecule has 0 spiro atoms. The van der Waals surface area contributed by atoms with Gasteiger partial charge in [0.25, 0.3) is 0 Å². The van der Waals surface area contributed by atoms with Gasteiger partial charge in [0.2, 0.25) is 0 Å². The van der Waals surface area contributed by atoms with E-state index in [9.17, 15) is 39.8 Å². The number of phosphoric ester groups is 1. The molecule has 0 heterocycles. The first kappa shape index (κ1) is 50.8. The fourth-order valence-electron chi connectivity index (χ4n) is 6.38. The first-order valence-electron chi connectivity index (χ1n) is 21.2. The minimum absolute atomic E-state index is 0.0773. The smallest absolute Gasteiger partial charge is 0.457 e. The largest absolute Gasteiger partial charge is 0.472 e. The van der Waals surface area contributed by atoms with Crippen molar-refractivity contribution in [1.29, 1.82) is 0 Å². The molecule has 0 saturated heterocycles. The normalized spacial score (nSPS) is 23.6. The average Bonchev–Trinajstić information content (AvgIpc) is 3.15. The van der Waals surface area contributed by atoms with Gasteiger partial charge in [0, 0.05) is 13.0 Å². The van der Waals surface area contributed by atoms with Gasteiger partial charge in [-0.15, -0.1) is 0 Å². The Balaban J connectivity index is 2.40. The lowest BCUT2D eigenvalue weighted by Crippen LogP contribution is -2.64. The van der Waals surface area contributed by atoms with Crippen LogP contribution in [0.3, 0.4) is 0 Å². The molecule has 0 aromatic heterocycles. The van der Waals surface area contributed by atoms with E-state index < -0.39 is 63.1 Å². The van der Waals surface area contributed by atoms with Crippen molar-refractivity contribution in [2.75, 3.05) is 19.8 Å². The maximum Gasteiger partial charge on any atom is 0.472 e. The van der Waals surface area contributed by atoms with E-state index >= 15 is 0 Å². The first-order valence-corrected chi connectivity index (χ1v) is 22.7. The van der Waals surface area contributed by atoms with E-state index in [0.717, 1.165) is 57.8 Å². The van der Waals surface area contributed by atoms with Gasteiger partial charge in [0.1, 0.15) is 42.7 Å². The zero-order chi connectivity index (χ0) is 39.9. The number of carbonyl (C=O) groups excluding carboxylic acids is 1. The van der Waals surface area contributed by atoms with Crippen molar-refractivity contribution >= 4 is 13.8 Å². The lowest BCUT2D eigenvalue weighted by Gasteiger charge is -2.41. The van der Waals surface area contributed by atoms with Gasteiger partial charge in [-0.2, -0.15) is 0 Å². The van der Waals surface area contributed by atoms with Crippen molar-refractivity contribution in [2.45, 2.75) is 211 Å². The monoisotopic (exact) mass is 793 g/mol. The van der Waals surface area contributed by atoms with Crippen LogP contribution in [0.1, 0.15) is 168 Å². The van der Waals surface area contributed by atoms with Crippen molar-refractivity contribution in [1.82, 2.24) is 0 Å². The molecule has 0 aromatic carbocycles. The molecule has 6 unspecified atom stereocenters. The Morgan fingerprint density at radius 1 is 0.593 bits per heavy atom. The van der Waals surface area contributed by atoms with E-state index in [0.29, 0.717) is 13.0 Å². The molecule has 318 valence electrons. The Morgan fingerprint density at radius 2 is 1.04 bits per heavy atom. The summed E-state index contributed by atoms with van der Waals surface area (Å²) in [6.07, 6.45) is 22.6. The van der Waals surface area contributed by atoms with Gasteiger partial charge in [-0.05, 0) is 44.9 Å². The third-order valence-electron chi connectivity index (χ3n) is 9.83. The van der Waals surface area contributed by atoms with Crippen LogP contribution in [0.5, 0.6) is 0 Å². The zero-order valence-corrected chi connectivity index (χ0v) is 34.4. The summed E-state index contributed by atoms with van der Waals surface area (Å²) < 4.78 is 34.0. The Labute approximate surface area is 326 Å². The first-order chi connectivity index (χ1) is 26.0. The Kier molecular flexibility index (Phi) is 30.9. The number of ether oxygens (including phenoxy) is 2. The molecule has 0 radical (unpaired) electrons. The molecule has 1 saturated carbocycles. The van der Waals surface area contributed by atoms with E-state index in [-0.39, 0.29) is 13.0 Å². The standard InChI is InChI=1S/C41H77O12P/c1-3-5-7-9-11-13-14-15-16-17-18-19-20-21-22-24-26-28-30-35(42)52-34(32-50-31-29-27-25-23-12-10-8-6-4-2)33-51-54(48,49)53-41-39(46)37(44)36(43)38(45)40(41)47/h13-14,16-17,34,36-41,43-47H,3-12,15,18-33H2,1-2H3,(H,48,49)/b14-13-,17-16-. The number of aliphatic hydroxyl groups excluding tert-OH is 5. The number of carbonyl (C=O) groups is 1. The van der Waals surface area contributed by atoms with Gasteiger partial charge in [-0.1, -0.05) is 141 Å². The number of aliphatic hydroxyl groups is 5. The quantitative estimate of drug-likeness (QED) is 0.0159. The molecular weight excluding hydrogens is 715 g/mol. The average molecular weight is 793 g/mol. The van der Waals surface area contributed by atoms with Crippen LogP contribution in [0.2, 0.25) is 0 Å². The maximum absolute atomic E-state index is 12.7. The van der Waals surface area contributed by atoms with Crippen LogP contribution in [0.25, 0.3) is 0 Å². The summed E-state index contributed by atoms with van der Waals surface area (Å²) in [5.41, 5.74) is 0. The lowest BCUT2D eigenvalue weighted by atomic mass is 9.85. The summed E-state index contributed by atoms with van der Waals surface area (Å²) in [5, 5.41) is 50.0. The van der Waals surface area contributed by atoms with Crippen molar-refractivity contribution in [3.63, 3.8) is 0 Å². The Morgan fingerprint density at radius 3 is 1.57 bits per heavy atom. The van der Waals surface area contributed by atoms with E-state index in [1.165, 1.54) is 83.5 Å². The molecule has 6 atom stereocenters. The van der Waals surface area contributed by atoms with Gasteiger partial charge >= 0.3 is 13.8 Å². The summed E-state index contributed by atoms with van der Waals surface area (Å²) >= 11 is 0. The molecule has 6 N–H and O–H groups in total. The summed E-state index contributed by atoms with van der Waals surface area (Å²) in [4.78, 5) is 23.0. The number of esters is 1. The molecular formula is C41H77O12P. The Bertz CT molecular complexity index is 995. The molecule has 1 aliphatic rings. The van der Waals surface area contributed by atoms with E-state index in [4.69, 9.17) is 18.5 Å². The van der Waals surface area contributed by atoms with Gasteiger partial charge < -0.3 is 39.9 Å². The molecule has 0 amide bonds. The molecule has 54 heavy (non-hydrogen) atoms. The van der Waals surface area contributed by atoms with E-state index in [2.05, 4.69) is 38.2 Å². The second kappa shape index (κ2) is 32.9.